The van der Waals surface area contributed by atoms with Crippen molar-refractivity contribution >= 4 is 0 Å². The largest absolute Gasteiger partial charge is 0.489 e. The van der Waals surface area contributed by atoms with Gasteiger partial charge in [0.2, 0.25) is 5.89 Å². The third-order valence-corrected chi connectivity index (χ3v) is 4.75. The van der Waals surface area contributed by atoms with Gasteiger partial charge < -0.3 is 18.5 Å². The van der Waals surface area contributed by atoms with E-state index >= 15 is 0 Å². The van der Waals surface area contributed by atoms with E-state index in [0.29, 0.717) is 31.8 Å². The Labute approximate surface area is 169 Å². The summed E-state index contributed by atoms with van der Waals surface area (Å²) in [6.45, 7) is 1.11. The van der Waals surface area contributed by atoms with Gasteiger partial charge in [-0.3, -0.25) is 4.79 Å². The maximum absolute atomic E-state index is 14.4. The van der Waals surface area contributed by atoms with Crippen molar-refractivity contribution in [2.75, 3.05) is 13.2 Å². The minimum absolute atomic E-state index is 0.0762. The summed E-state index contributed by atoms with van der Waals surface area (Å²) in [4.78, 5) is 12.9. The molecule has 3 aromatic rings. The van der Waals surface area contributed by atoms with Crippen molar-refractivity contribution in [1.82, 2.24) is 14.8 Å². The van der Waals surface area contributed by atoms with Crippen molar-refractivity contribution in [2.24, 2.45) is 7.05 Å². The van der Waals surface area contributed by atoms with Crippen LogP contribution in [-0.4, -0.2) is 34.1 Å². The van der Waals surface area contributed by atoms with Gasteiger partial charge in [-0.2, -0.15) is 8.78 Å². The highest BCUT2D eigenvalue weighted by molar-refractivity contribution is 5.73. The van der Waals surface area contributed by atoms with Gasteiger partial charge in [0.25, 0.3) is 11.4 Å². The first-order chi connectivity index (χ1) is 14.4. The molecule has 10 heteroatoms. The lowest BCUT2D eigenvalue weighted by atomic mass is 10.0. The van der Waals surface area contributed by atoms with Gasteiger partial charge in [-0.1, -0.05) is 0 Å². The molecule has 7 nitrogen and oxygen atoms in total. The zero-order valence-electron chi connectivity index (χ0n) is 16.0. The molecule has 0 unspecified atom stereocenters. The van der Waals surface area contributed by atoms with Crippen molar-refractivity contribution < 1.29 is 27.1 Å². The highest BCUT2D eigenvalue weighted by Gasteiger charge is 2.22. The topological polar surface area (TPSA) is 79.4 Å². The van der Waals surface area contributed by atoms with Crippen LogP contribution >= 0.6 is 0 Å². The van der Waals surface area contributed by atoms with Gasteiger partial charge in [-0.15, -0.1) is 10.2 Å². The molecule has 0 spiro atoms. The molecule has 0 saturated carbocycles. The Morgan fingerprint density at radius 2 is 1.90 bits per heavy atom. The van der Waals surface area contributed by atoms with E-state index in [1.165, 1.54) is 16.7 Å². The first kappa shape index (κ1) is 20.1. The molecule has 0 radical (unpaired) electrons. The number of alkyl halides is 2. The summed E-state index contributed by atoms with van der Waals surface area (Å²) in [6, 6.07) is 5.30. The summed E-state index contributed by atoms with van der Waals surface area (Å²) in [6.07, 6.45) is -0.182. The van der Waals surface area contributed by atoms with E-state index in [4.69, 9.17) is 13.9 Å². The molecule has 3 heterocycles. The molecule has 2 aromatic heterocycles. The maximum atomic E-state index is 14.4. The zero-order valence-corrected chi connectivity index (χ0v) is 16.0. The Bertz CT molecular complexity index is 1110. The van der Waals surface area contributed by atoms with Crippen molar-refractivity contribution in [1.29, 1.82) is 0 Å². The quantitative estimate of drug-likeness (QED) is 0.625. The van der Waals surface area contributed by atoms with Crippen molar-refractivity contribution in [3.63, 3.8) is 0 Å². The minimum Gasteiger partial charge on any atom is -0.489 e. The minimum atomic E-state index is -2.94. The number of rotatable bonds is 5. The zero-order chi connectivity index (χ0) is 21.3. The van der Waals surface area contributed by atoms with Crippen LogP contribution in [0.25, 0.3) is 22.6 Å². The van der Waals surface area contributed by atoms with Gasteiger partial charge in [0.05, 0.1) is 18.8 Å². The molecule has 1 aliphatic rings. The molecule has 1 aliphatic heterocycles. The van der Waals surface area contributed by atoms with Crippen LogP contribution in [0.3, 0.4) is 0 Å². The van der Waals surface area contributed by atoms with Crippen LogP contribution in [0.5, 0.6) is 5.75 Å². The van der Waals surface area contributed by atoms with E-state index in [0.717, 1.165) is 6.07 Å². The maximum Gasteiger partial charge on any atom is 0.314 e. The number of ether oxygens (including phenoxy) is 2. The van der Waals surface area contributed by atoms with Crippen molar-refractivity contribution in [2.45, 2.75) is 25.4 Å². The molecule has 0 N–H and O–H groups in total. The van der Waals surface area contributed by atoms with Crippen LogP contribution in [0.1, 0.15) is 25.2 Å². The average Bonchev–Trinajstić information content (AvgIpc) is 3.22. The molecule has 4 rings (SSSR count). The highest BCUT2D eigenvalue weighted by atomic mass is 19.3. The standard InChI is InChI=1S/C20H18F3N3O4/c1-26-5-2-15(29-14-3-6-28-7-4-14)16(20(26)27)11-8-12(10-13(21)9-11)18-24-25-19(30-18)17(22)23/h2,5,8-10,14,17H,3-4,6-7H2,1H3. The Morgan fingerprint density at radius 3 is 2.60 bits per heavy atom. The van der Waals surface area contributed by atoms with Gasteiger partial charge in [0, 0.05) is 31.6 Å². The molecule has 158 valence electrons. The van der Waals surface area contributed by atoms with Gasteiger partial charge >= 0.3 is 6.43 Å². The summed E-state index contributed by atoms with van der Waals surface area (Å²) >= 11 is 0. The van der Waals surface area contributed by atoms with E-state index in [1.54, 1.807) is 19.3 Å². The smallest absolute Gasteiger partial charge is 0.314 e. The molecule has 1 fully saturated rings. The van der Waals surface area contributed by atoms with E-state index in [1.807, 2.05) is 0 Å². The van der Waals surface area contributed by atoms with E-state index in [9.17, 15) is 18.0 Å². The molecule has 1 saturated heterocycles. The third kappa shape index (κ3) is 4.09. The molecule has 1 aromatic carbocycles. The van der Waals surface area contributed by atoms with Crippen LogP contribution in [0, 0.1) is 5.82 Å². The molecular weight excluding hydrogens is 403 g/mol. The molecule has 30 heavy (non-hydrogen) atoms. The van der Waals surface area contributed by atoms with Gasteiger partial charge in [0.1, 0.15) is 17.7 Å². The SMILES string of the molecule is Cn1ccc(OC2CCOCC2)c(-c2cc(F)cc(-c3nnc(C(F)F)o3)c2)c1=O. The van der Waals surface area contributed by atoms with Crippen LogP contribution in [0.4, 0.5) is 13.2 Å². The monoisotopic (exact) mass is 421 g/mol. The summed E-state index contributed by atoms with van der Waals surface area (Å²) in [5, 5.41) is 6.81. The predicted molar refractivity (Wildman–Crippen MR) is 99.8 cm³/mol. The molecule has 0 amide bonds. The van der Waals surface area contributed by atoms with Crippen molar-refractivity contribution in [3.05, 3.63) is 52.5 Å². The van der Waals surface area contributed by atoms with Crippen LogP contribution < -0.4 is 10.3 Å². The predicted octanol–water partition coefficient (Wildman–Crippen LogP) is 3.74. The molecule has 0 bridgehead atoms. The Kier molecular flexibility index (Phi) is 5.58. The number of halogens is 3. The van der Waals surface area contributed by atoms with Gasteiger partial charge in [-0.05, 0) is 29.8 Å². The second-order valence-electron chi connectivity index (χ2n) is 6.88. The number of aromatic nitrogens is 3. The summed E-state index contributed by atoms with van der Waals surface area (Å²) < 4.78 is 57.5. The number of hydrogen-bond donors (Lipinski definition) is 0. The fourth-order valence-electron chi connectivity index (χ4n) is 3.25. The number of hydrogen-bond acceptors (Lipinski definition) is 6. The lowest BCUT2D eigenvalue weighted by molar-refractivity contribution is 0.0257. The highest BCUT2D eigenvalue weighted by Crippen LogP contribution is 2.33. The van der Waals surface area contributed by atoms with E-state index in [2.05, 4.69) is 10.2 Å². The third-order valence-electron chi connectivity index (χ3n) is 4.75. The van der Waals surface area contributed by atoms with E-state index in [-0.39, 0.29) is 28.7 Å². The Hall–Kier alpha value is -3.14. The van der Waals surface area contributed by atoms with Gasteiger partial charge in [-0.25, -0.2) is 4.39 Å². The number of benzene rings is 1. The first-order valence-corrected chi connectivity index (χ1v) is 9.29. The summed E-state index contributed by atoms with van der Waals surface area (Å²) in [5.74, 6) is -1.52. The lowest BCUT2D eigenvalue weighted by Crippen LogP contribution is -2.27. The Balaban J connectivity index is 1.78. The summed E-state index contributed by atoms with van der Waals surface area (Å²) in [5.41, 5.74) is 0.0492. The second-order valence-corrected chi connectivity index (χ2v) is 6.88. The molecule has 0 aliphatic carbocycles. The van der Waals surface area contributed by atoms with Crippen LogP contribution in [0.15, 0.2) is 39.7 Å². The van der Waals surface area contributed by atoms with Gasteiger partial charge in [0.15, 0.2) is 0 Å². The number of nitrogens with zero attached hydrogens (tertiary/aromatic N) is 3. The molecule has 0 atom stereocenters. The van der Waals surface area contributed by atoms with Crippen molar-refractivity contribution in [3.8, 4) is 28.3 Å². The Morgan fingerprint density at radius 1 is 1.17 bits per heavy atom. The van der Waals surface area contributed by atoms with E-state index < -0.39 is 23.7 Å². The normalized spacial score (nSPS) is 15.0. The van der Waals surface area contributed by atoms with Crippen LogP contribution in [-0.2, 0) is 11.8 Å². The van der Waals surface area contributed by atoms with Crippen LogP contribution in [0.2, 0.25) is 0 Å². The lowest BCUT2D eigenvalue weighted by Gasteiger charge is -2.24. The molecular formula is C20H18F3N3O4. The summed E-state index contributed by atoms with van der Waals surface area (Å²) in [7, 11) is 1.57. The number of pyridine rings is 1. The number of aryl methyl sites for hydroxylation is 1. The fraction of sp³-hybridized carbons (Fsp3) is 0.350. The second kappa shape index (κ2) is 8.31. The average molecular weight is 421 g/mol. The fourth-order valence-corrected chi connectivity index (χ4v) is 3.25. The first-order valence-electron chi connectivity index (χ1n) is 9.29.